The average Bonchev–Trinajstić information content (AvgIpc) is 2.72. The van der Waals surface area contributed by atoms with E-state index in [9.17, 15) is 0 Å². The van der Waals surface area contributed by atoms with E-state index in [1.165, 1.54) is 16.7 Å². The van der Waals surface area contributed by atoms with Crippen molar-refractivity contribution in [2.45, 2.75) is 46.1 Å². The molecule has 0 spiro atoms. The number of allylic oxidation sites excluding steroid dienone is 6. The molecule has 0 bridgehead atoms. The lowest BCUT2D eigenvalue weighted by molar-refractivity contribution is 0.570. The van der Waals surface area contributed by atoms with Crippen LogP contribution in [0.5, 0.6) is 0 Å². The first-order valence-electron chi connectivity index (χ1n) is 6.79. The van der Waals surface area contributed by atoms with Gasteiger partial charge in [-0.25, -0.2) is 0 Å². The van der Waals surface area contributed by atoms with Crippen LogP contribution < -0.4 is 0 Å². The minimum Gasteiger partial charge on any atom is -0.0909 e. The summed E-state index contributed by atoms with van der Waals surface area (Å²) in [6, 6.07) is 0.0619. The Labute approximate surface area is 109 Å². The van der Waals surface area contributed by atoms with Crippen molar-refractivity contribution in [1.29, 1.82) is 0 Å². The van der Waals surface area contributed by atoms with Gasteiger partial charge in [-0.15, -0.1) is 0 Å². The molecule has 0 amide bonds. The summed E-state index contributed by atoms with van der Waals surface area (Å²) in [5.41, 5.74) is 13.0. The third-order valence-corrected chi connectivity index (χ3v) is 3.80. The topological polar surface area (TPSA) is 48.8 Å². The Morgan fingerprint density at radius 2 is 2.22 bits per heavy atom. The van der Waals surface area contributed by atoms with E-state index in [0.717, 1.165) is 19.3 Å². The Balaban J connectivity index is 2.20. The van der Waals surface area contributed by atoms with Crippen molar-refractivity contribution in [3.8, 4) is 0 Å². The lowest BCUT2D eigenvalue weighted by Crippen LogP contribution is -2.13. The molecular formula is C15H21N3. The van der Waals surface area contributed by atoms with Crippen LogP contribution in [0.4, 0.5) is 0 Å². The van der Waals surface area contributed by atoms with Crippen LogP contribution in [0.2, 0.25) is 0 Å². The Bertz CT molecular complexity index is 462. The standard InChI is InChI=1S/C15H21N3/c1-10(2)14-6-4-5-12-7-8-13(15(12)14)9-11(3)17-18-16/h6-8,10-11,13H,4-5,9H2,1-3H3. The fourth-order valence-electron chi connectivity index (χ4n) is 3.01. The molecule has 3 nitrogen and oxygen atoms in total. The van der Waals surface area contributed by atoms with Crippen molar-refractivity contribution in [2.24, 2.45) is 17.0 Å². The average molecular weight is 243 g/mol. The van der Waals surface area contributed by atoms with Crippen LogP contribution in [0.1, 0.15) is 40.0 Å². The summed E-state index contributed by atoms with van der Waals surface area (Å²) in [6.07, 6.45) is 10.2. The highest BCUT2D eigenvalue weighted by Gasteiger charge is 2.27. The van der Waals surface area contributed by atoms with Crippen molar-refractivity contribution in [3.05, 3.63) is 45.4 Å². The second kappa shape index (κ2) is 5.45. The fraction of sp³-hybridized carbons (Fsp3) is 0.600. The molecular weight excluding hydrogens is 222 g/mol. The zero-order valence-electron chi connectivity index (χ0n) is 11.4. The van der Waals surface area contributed by atoms with Gasteiger partial charge in [0.15, 0.2) is 0 Å². The van der Waals surface area contributed by atoms with Gasteiger partial charge >= 0.3 is 0 Å². The first kappa shape index (κ1) is 13.0. The second-order valence-corrected chi connectivity index (χ2v) is 5.55. The summed E-state index contributed by atoms with van der Waals surface area (Å²) in [4.78, 5) is 2.91. The molecule has 0 saturated carbocycles. The summed E-state index contributed by atoms with van der Waals surface area (Å²) in [5, 5.41) is 3.80. The minimum atomic E-state index is 0.0619. The molecule has 0 saturated heterocycles. The first-order valence-corrected chi connectivity index (χ1v) is 6.79. The van der Waals surface area contributed by atoms with Crippen molar-refractivity contribution in [3.63, 3.8) is 0 Å². The normalized spacial score (nSPS) is 23.8. The van der Waals surface area contributed by atoms with Gasteiger partial charge in [0.2, 0.25) is 0 Å². The summed E-state index contributed by atoms with van der Waals surface area (Å²) < 4.78 is 0. The van der Waals surface area contributed by atoms with E-state index < -0.39 is 0 Å². The number of rotatable bonds is 4. The zero-order chi connectivity index (χ0) is 13.1. The van der Waals surface area contributed by atoms with Crippen molar-refractivity contribution in [1.82, 2.24) is 0 Å². The Morgan fingerprint density at radius 3 is 2.89 bits per heavy atom. The predicted molar refractivity (Wildman–Crippen MR) is 75.0 cm³/mol. The van der Waals surface area contributed by atoms with E-state index in [4.69, 9.17) is 5.53 Å². The molecule has 0 aromatic carbocycles. The van der Waals surface area contributed by atoms with E-state index in [1.54, 1.807) is 0 Å². The molecule has 0 aromatic heterocycles. The molecule has 0 heterocycles. The maximum absolute atomic E-state index is 8.50. The molecule has 0 fully saturated rings. The summed E-state index contributed by atoms with van der Waals surface area (Å²) in [6.45, 7) is 6.51. The maximum atomic E-state index is 8.50. The van der Waals surface area contributed by atoms with Crippen molar-refractivity contribution < 1.29 is 0 Å². The minimum absolute atomic E-state index is 0.0619. The summed E-state index contributed by atoms with van der Waals surface area (Å²) in [5.74, 6) is 1.02. The number of hydrogen-bond donors (Lipinski definition) is 0. The molecule has 0 aromatic rings. The highest BCUT2D eigenvalue weighted by atomic mass is 15.1. The van der Waals surface area contributed by atoms with Crippen LogP contribution in [0.25, 0.3) is 10.4 Å². The Kier molecular flexibility index (Phi) is 3.93. The van der Waals surface area contributed by atoms with Gasteiger partial charge < -0.3 is 0 Å². The van der Waals surface area contributed by atoms with Crippen LogP contribution in [-0.2, 0) is 0 Å². The van der Waals surface area contributed by atoms with Gasteiger partial charge in [0.25, 0.3) is 0 Å². The SMILES string of the molecule is CC(CC1C=CC2=C1C(C(C)C)=CCC2)N=[N+]=[N-]. The molecule has 2 aliphatic rings. The number of hydrogen-bond acceptors (Lipinski definition) is 1. The van der Waals surface area contributed by atoms with E-state index >= 15 is 0 Å². The van der Waals surface area contributed by atoms with E-state index in [0.29, 0.717) is 11.8 Å². The van der Waals surface area contributed by atoms with Gasteiger partial charge in [-0.1, -0.05) is 44.1 Å². The van der Waals surface area contributed by atoms with Crippen LogP contribution in [0, 0.1) is 11.8 Å². The van der Waals surface area contributed by atoms with Crippen molar-refractivity contribution >= 4 is 0 Å². The van der Waals surface area contributed by atoms with Crippen molar-refractivity contribution in [2.75, 3.05) is 0 Å². The molecule has 96 valence electrons. The monoisotopic (exact) mass is 243 g/mol. The Hall–Kier alpha value is -1.47. The maximum Gasteiger partial charge on any atom is 0.0354 e. The third kappa shape index (κ3) is 2.51. The van der Waals surface area contributed by atoms with E-state index in [2.05, 4.69) is 42.1 Å². The first-order chi connectivity index (χ1) is 8.63. The molecule has 2 atom stereocenters. The summed E-state index contributed by atoms with van der Waals surface area (Å²) in [7, 11) is 0. The molecule has 3 heteroatoms. The third-order valence-electron chi connectivity index (χ3n) is 3.80. The molecule has 0 aliphatic heterocycles. The largest absolute Gasteiger partial charge is 0.0909 e. The van der Waals surface area contributed by atoms with Gasteiger partial charge in [0.05, 0.1) is 0 Å². The highest BCUT2D eigenvalue weighted by molar-refractivity contribution is 5.51. The van der Waals surface area contributed by atoms with Gasteiger partial charge in [-0.3, -0.25) is 0 Å². The smallest absolute Gasteiger partial charge is 0.0354 e. The Morgan fingerprint density at radius 1 is 1.44 bits per heavy atom. The van der Waals surface area contributed by atoms with Crippen LogP contribution in [-0.4, -0.2) is 6.04 Å². The predicted octanol–water partition coefficient (Wildman–Crippen LogP) is 4.93. The lowest BCUT2D eigenvalue weighted by atomic mass is 9.80. The molecule has 0 radical (unpaired) electrons. The highest BCUT2D eigenvalue weighted by Crippen LogP contribution is 2.41. The number of azide groups is 1. The van der Waals surface area contributed by atoms with Crippen LogP contribution >= 0.6 is 0 Å². The zero-order valence-corrected chi connectivity index (χ0v) is 11.4. The van der Waals surface area contributed by atoms with Crippen LogP contribution in [0.15, 0.2) is 40.1 Å². The van der Waals surface area contributed by atoms with Gasteiger partial charge in [-0.05, 0) is 47.4 Å². The molecule has 2 unspecified atom stereocenters. The quantitative estimate of drug-likeness (QED) is 0.382. The number of nitrogens with zero attached hydrogens (tertiary/aromatic N) is 3. The molecule has 2 rings (SSSR count). The second-order valence-electron chi connectivity index (χ2n) is 5.55. The van der Waals surface area contributed by atoms with Gasteiger partial charge in [0.1, 0.15) is 0 Å². The van der Waals surface area contributed by atoms with E-state index in [1.807, 2.05) is 6.92 Å². The van der Waals surface area contributed by atoms with Gasteiger partial charge in [-0.2, -0.15) is 0 Å². The van der Waals surface area contributed by atoms with E-state index in [-0.39, 0.29) is 6.04 Å². The van der Waals surface area contributed by atoms with Crippen LogP contribution in [0.3, 0.4) is 0 Å². The molecule has 0 N–H and O–H groups in total. The van der Waals surface area contributed by atoms with Gasteiger partial charge in [0, 0.05) is 16.9 Å². The summed E-state index contributed by atoms with van der Waals surface area (Å²) >= 11 is 0. The fourth-order valence-corrected chi connectivity index (χ4v) is 3.01. The molecule has 18 heavy (non-hydrogen) atoms. The molecule has 2 aliphatic carbocycles. The lowest BCUT2D eigenvalue weighted by Gasteiger charge is -2.25.